The number of hydrogen-bond acceptors (Lipinski definition) is 11. The monoisotopic (exact) mass is 710 g/mol. The standard InChI is InChI=1S/C32H28Cl2N6O7S/c1-19(41)30(18-47-40-24-6-4-3-5-7-24)38-36-28-14-8-21(16-26(28)33)22-9-15-29(27(34)17-22)37-39-31(20(2)42)32(43)35-23-10-12-25(13-11-23)48(44,45)46/h3-17,30-31,40H,18H2,1-2H3,(H,35,43)(H,44,45,46). The molecule has 2 atom stereocenters. The molecule has 16 heteroatoms. The summed E-state index contributed by atoms with van der Waals surface area (Å²) >= 11 is 12.9. The zero-order chi connectivity index (χ0) is 34.8. The molecule has 3 N–H and O–H groups in total. The highest BCUT2D eigenvalue weighted by molar-refractivity contribution is 7.85. The number of Topliss-reactive ketones (excluding diaryl/α,β-unsaturated/α-hetero) is 2. The molecular formula is C32H28Cl2N6O7S. The maximum atomic E-state index is 12.7. The number of para-hydroxylation sites is 1. The van der Waals surface area contributed by atoms with Crippen molar-refractivity contribution in [2.75, 3.05) is 17.4 Å². The number of nitrogens with zero attached hydrogens (tertiary/aromatic N) is 4. The highest BCUT2D eigenvalue weighted by atomic mass is 35.5. The van der Waals surface area contributed by atoms with Crippen LogP contribution in [0.3, 0.4) is 0 Å². The molecule has 1 amide bonds. The Hall–Kier alpha value is -4.86. The molecule has 0 radical (unpaired) electrons. The number of amides is 1. The summed E-state index contributed by atoms with van der Waals surface area (Å²) in [5, 5.41) is 19.0. The Morgan fingerprint density at radius 1 is 0.771 bits per heavy atom. The van der Waals surface area contributed by atoms with E-state index in [9.17, 15) is 22.8 Å². The number of rotatable bonds is 14. The third-order valence-corrected chi connectivity index (χ3v) is 8.02. The van der Waals surface area contributed by atoms with Gasteiger partial charge < -0.3 is 5.32 Å². The summed E-state index contributed by atoms with van der Waals surface area (Å²) < 4.78 is 31.5. The normalized spacial score (nSPS) is 12.9. The molecule has 0 spiro atoms. The number of hydrogen-bond donors (Lipinski definition) is 3. The number of ketones is 2. The minimum atomic E-state index is -4.41. The molecule has 48 heavy (non-hydrogen) atoms. The van der Waals surface area contributed by atoms with Crippen molar-refractivity contribution in [2.24, 2.45) is 20.5 Å². The van der Waals surface area contributed by atoms with Crippen LogP contribution < -0.4 is 10.8 Å². The van der Waals surface area contributed by atoms with Gasteiger partial charge in [0.05, 0.1) is 20.6 Å². The zero-order valence-electron chi connectivity index (χ0n) is 25.4. The van der Waals surface area contributed by atoms with E-state index in [-0.39, 0.29) is 38.7 Å². The highest BCUT2D eigenvalue weighted by Gasteiger charge is 2.24. The first kappa shape index (κ1) is 36.0. The quantitative estimate of drug-likeness (QED) is 0.0514. The zero-order valence-corrected chi connectivity index (χ0v) is 27.7. The summed E-state index contributed by atoms with van der Waals surface area (Å²) in [6.07, 6.45) is 0. The van der Waals surface area contributed by atoms with E-state index in [1.54, 1.807) is 36.4 Å². The van der Waals surface area contributed by atoms with E-state index < -0.39 is 33.9 Å². The molecule has 0 saturated carbocycles. The first-order valence-corrected chi connectivity index (χ1v) is 16.2. The maximum Gasteiger partial charge on any atom is 0.294 e. The van der Waals surface area contributed by atoms with E-state index in [1.165, 1.54) is 26.0 Å². The van der Waals surface area contributed by atoms with Gasteiger partial charge in [-0.3, -0.25) is 29.3 Å². The average Bonchev–Trinajstić information content (AvgIpc) is 3.04. The lowest BCUT2D eigenvalue weighted by Crippen LogP contribution is -2.31. The van der Waals surface area contributed by atoms with Crippen molar-refractivity contribution in [3.8, 4) is 11.1 Å². The SMILES string of the molecule is CC(=O)C(CONc1ccccc1)N=Nc1ccc(-c2ccc(N=NC(C(C)=O)C(=O)Nc3ccc(S(=O)(=O)O)cc3)c(Cl)c2)cc1Cl. The minimum absolute atomic E-state index is 0.0447. The fourth-order valence-electron chi connectivity index (χ4n) is 3.97. The molecule has 0 bridgehead atoms. The van der Waals surface area contributed by atoms with E-state index in [4.69, 9.17) is 32.6 Å². The lowest BCUT2D eigenvalue weighted by Gasteiger charge is -2.11. The van der Waals surface area contributed by atoms with Gasteiger partial charge in [-0.15, -0.1) is 0 Å². The van der Waals surface area contributed by atoms with Crippen LogP contribution >= 0.6 is 23.2 Å². The van der Waals surface area contributed by atoms with Gasteiger partial charge in [0, 0.05) is 5.69 Å². The van der Waals surface area contributed by atoms with Crippen molar-refractivity contribution in [3.05, 3.63) is 101 Å². The second-order valence-corrected chi connectivity index (χ2v) is 12.4. The van der Waals surface area contributed by atoms with E-state index in [2.05, 4.69) is 31.3 Å². The molecule has 0 aliphatic rings. The van der Waals surface area contributed by atoms with Crippen LogP contribution in [-0.4, -0.2) is 49.1 Å². The topological polar surface area (TPSA) is 188 Å². The molecule has 4 aromatic carbocycles. The lowest BCUT2D eigenvalue weighted by molar-refractivity contribution is -0.126. The number of halogens is 2. The van der Waals surface area contributed by atoms with Gasteiger partial charge >= 0.3 is 0 Å². The van der Waals surface area contributed by atoms with Crippen LogP contribution in [0.1, 0.15) is 13.8 Å². The Kier molecular flexibility index (Phi) is 12.2. The summed E-state index contributed by atoms with van der Waals surface area (Å²) in [5.74, 6) is -1.65. The molecule has 2 unspecified atom stereocenters. The van der Waals surface area contributed by atoms with Gasteiger partial charge in [0.15, 0.2) is 17.6 Å². The van der Waals surface area contributed by atoms with E-state index >= 15 is 0 Å². The molecule has 0 fully saturated rings. The van der Waals surface area contributed by atoms with Gasteiger partial charge in [0.2, 0.25) is 6.04 Å². The molecule has 4 rings (SSSR count). The molecule has 248 valence electrons. The molecule has 0 heterocycles. The number of carbonyl (C=O) groups excluding carboxylic acids is 3. The van der Waals surface area contributed by atoms with Crippen LogP contribution in [0.15, 0.2) is 116 Å². The molecule has 4 aromatic rings. The van der Waals surface area contributed by atoms with Crippen LogP contribution in [0.5, 0.6) is 0 Å². The highest BCUT2D eigenvalue weighted by Crippen LogP contribution is 2.35. The number of carbonyl (C=O) groups is 3. The van der Waals surface area contributed by atoms with Crippen molar-refractivity contribution in [1.29, 1.82) is 0 Å². The van der Waals surface area contributed by atoms with Crippen molar-refractivity contribution < 1.29 is 32.2 Å². The van der Waals surface area contributed by atoms with Gasteiger partial charge in [-0.1, -0.05) is 53.5 Å². The Morgan fingerprint density at radius 2 is 1.33 bits per heavy atom. The third kappa shape index (κ3) is 10.1. The van der Waals surface area contributed by atoms with Crippen LogP contribution in [0.25, 0.3) is 11.1 Å². The summed E-state index contributed by atoms with van der Waals surface area (Å²) in [5.41, 5.74) is 5.52. The predicted molar refractivity (Wildman–Crippen MR) is 181 cm³/mol. The number of benzene rings is 4. The molecular weight excluding hydrogens is 683 g/mol. The second-order valence-electron chi connectivity index (χ2n) is 10.2. The Morgan fingerprint density at radius 3 is 1.83 bits per heavy atom. The first-order valence-electron chi connectivity index (χ1n) is 14.0. The molecule has 0 aromatic heterocycles. The summed E-state index contributed by atoms with van der Waals surface area (Å²) in [7, 11) is -4.41. The summed E-state index contributed by atoms with van der Waals surface area (Å²) in [6.45, 7) is 2.51. The number of anilines is 2. The van der Waals surface area contributed by atoms with Crippen LogP contribution in [-0.2, 0) is 29.3 Å². The van der Waals surface area contributed by atoms with Gasteiger partial charge in [-0.25, -0.2) is 0 Å². The summed E-state index contributed by atoms with van der Waals surface area (Å²) in [4.78, 5) is 42.0. The van der Waals surface area contributed by atoms with Crippen molar-refractivity contribution in [1.82, 2.24) is 0 Å². The van der Waals surface area contributed by atoms with E-state index in [0.717, 1.165) is 17.8 Å². The van der Waals surface area contributed by atoms with Gasteiger partial charge in [-0.2, -0.15) is 28.9 Å². The first-order chi connectivity index (χ1) is 22.8. The van der Waals surface area contributed by atoms with E-state index in [1.807, 2.05) is 30.3 Å². The van der Waals surface area contributed by atoms with Crippen molar-refractivity contribution in [2.45, 2.75) is 30.8 Å². The van der Waals surface area contributed by atoms with Crippen LogP contribution in [0.2, 0.25) is 10.0 Å². The van der Waals surface area contributed by atoms with E-state index in [0.29, 0.717) is 16.8 Å². The van der Waals surface area contributed by atoms with Crippen molar-refractivity contribution >= 4 is 73.5 Å². The Balaban J connectivity index is 1.41. The number of nitrogens with one attached hydrogen (secondary N) is 2. The second kappa shape index (κ2) is 16.3. The Bertz CT molecular complexity index is 1970. The fourth-order valence-corrected chi connectivity index (χ4v) is 4.88. The van der Waals surface area contributed by atoms with Crippen LogP contribution in [0.4, 0.5) is 22.7 Å². The third-order valence-electron chi connectivity index (χ3n) is 6.54. The fraction of sp³-hybridized carbons (Fsp3) is 0.156. The molecule has 13 nitrogen and oxygen atoms in total. The van der Waals surface area contributed by atoms with Crippen LogP contribution in [0, 0.1) is 0 Å². The largest absolute Gasteiger partial charge is 0.324 e. The molecule has 0 saturated heterocycles. The van der Waals surface area contributed by atoms with Crippen molar-refractivity contribution in [3.63, 3.8) is 0 Å². The predicted octanol–water partition coefficient (Wildman–Crippen LogP) is 7.67. The molecule has 0 aliphatic carbocycles. The average molecular weight is 712 g/mol. The molecule has 0 aliphatic heterocycles. The van der Waals surface area contributed by atoms with Gasteiger partial charge in [0.25, 0.3) is 16.0 Å². The summed E-state index contributed by atoms with van der Waals surface area (Å²) in [6, 6.07) is 21.3. The maximum absolute atomic E-state index is 12.7. The van der Waals surface area contributed by atoms with Gasteiger partial charge in [-0.05, 0) is 85.6 Å². The minimum Gasteiger partial charge on any atom is -0.324 e. The lowest BCUT2D eigenvalue weighted by atomic mass is 10.1. The Labute approximate surface area is 285 Å². The number of azo groups is 2. The van der Waals surface area contributed by atoms with Gasteiger partial charge in [0.1, 0.15) is 18.0 Å². The smallest absolute Gasteiger partial charge is 0.294 e.